The molecule has 0 radical (unpaired) electrons. The number of hydrogen-bond acceptors (Lipinski definition) is 3. The number of anilines is 1. The molecule has 106 valence electrons. The third kappa shape index (κ3) is 3.64. The number of aliphatic hydroxyl groups is 1. The lowest BCUT2D eigenvalue weighted by Gasteiger charge is -2.21. The molecule has 6 heteroatoms. The maximum Gasteiger partial charge on any atom is 0.254 e. The first-order valence-electron chi connectivity index (χ1n) is 6.12. The first kappa shape index (κ1) is 15.4. The Kier molecular flexibility index (Phi) is 5.69. The molecule has 1 rings (SSSR count). The number of amides is 1. The van der Waals surface area contributed by atoms with E-state index in [1.807, 2.05) is 6.92 Å². The average Bonchev–Trinajstić information content (AvgIpc) is 2.37. The van der Waals surface area contributed by atoms with Gasteiger partial charge in [-0.15, -0.1) is 0 Å². The fourth-order valence-electron chi connectivity index (χ4n) is 1.82. The van der Waals surface area contributed by atoms with Crippen molar-refractivity contribution in [2.75, 3.05) is 32.1 Å². The van der Waals surface area contributed by atoms with Crippen molar-refractivity contribution in [1.29, 1.82) is 0 Å². The van der Waals surface area contributed by atoms with Crippen molar-refractivity contribution in [3.8, 4) is 0 Å². The van der Waals surface area contributed by atoms with Crippen molar-refractivity contribution < 1.29 is 18.7 Å². The van der Waals surface area contributed by atoms with Gasteiger partial charge >= 0.3 is 0 Å². The molecule has 1 amide bonds. The Morgan fingerprint density at radius 3 is 2.32 bits per heavy atom. The summed E-state index contributed by atoms with van der Waals surface area (Å²) in [6, 6.07) is 1.99. The van der Waals surface area contributed by atoms with Gasteiger partial charge in [-0.3, -0.25) is 4.79 Å². The molecule has 4 nitrogen and oxygen atoms in total. The van der Waals surface area contributed by atoms with Gasteiger partial charge in [0, 0.05) is 25.7 Å². The van der Waals surface area contributed by atoms with Crippen molar-refractivity contribution in [3.05, 3.63) is 29.3 Å². The minimum absolute atomic E-state index is 0.0594. The highest BCUT2D eigenvalue weighted by atomic mass is 19.1. The van der Waals surface area contributed by atoms with E-state index in [-0.39, 0.29) is 24.4 Å². The lowest BCUT2D eigenvalue weighted by Crippen LogP contribution is -2.34. The van der Waals surface area contributed by atoms with Gasteiger partial charge in [0.2, 0.25) is 0 Å². The summed E-state index contributed by atoms with van der Waals surface area (Å²) >= 11 is 0. The third-order valence-electron chi connectivity index (χ3n) is 2.69. The van der Waals surface area contributed by atoms with E-state index in [1.165, 1.54) is 11.9 Å². The van der Waals surface area contributed by atoms with Gasteiger partial charge in [0.1, 0.15) is 17.3 Å². The van der Waals surface area contributed by atoms with Crippen molar-refractivity contribution in [3.63, 3.8) is 0 Å². The molecule has 19 heavy (non-hydrogen) atoms. The molecule has 0 atom stereocenters. The molecule has 0 aliphatic rings. The van der Waals surface area contributed by atoms with Crippen LogP contribution in [-0.2, 0) is 0 Å². The van der Waals surface area contributed by atoms with Crippen LogP contribution >= 0.6 is 0 Å². The second-order valence-corrected chi connectivity index (χ2v) is 4.08. The van der Waals surface area contributed by atoms with Gasteiger partial charge in [0.25, 0.3) is 5.91 Å². The van der Waals surface area contributed by atoms with Crippen molar-refractivity contribution >= 4 is 11.6 Å². The minimum atomic E-state index is -0.814. The van der Waals surface area contributed by atoms with Gasteiger partial charge in [-0.25, -0.2) is 8.78 Å². The van der Waals surface area contributed by atoms with E-state index < -0.39 is 17.5 Å². The smallest absolute Gasteiger partial charge is 0.254 e. The van der Waals surface area contributed by atoms with Gasteiger partial charge in [-0.2, -0.15) is 0 Å². The van der Waals surface area contributed by atoms with Crippen molar-refractivity contribution in [2.45, 2.75) is 13.3 Å². The summed E-state index contributed by atoms with van der Waals surface area (Å²) in [7, 11) is 1.40. The van der Waals surface area contributed by atoms with Gasteiger partial charge in [-0.05, 0) is 18.6 Å². The largest absolute Gasteiger partial charge is 0.395 e. The molecule has 0 unspecified atom stereocenters. The monoisotopic (exact) mass is 272 g/mol. The van der Waals surface area contributed by atoms with Crippen LogP contribution in [0.3, 0.4) is 0 Å². The van der Waals surface area contributed by atoms with Crippen LogP contribution < -0.4 is 5.32 Å². The number of nitrogens with one attached hydrogen (secondary N) is 1. The quantitative estimate of drug-likeness (QED) is 0.831. The fraction of sp³-hybridized carbons (Fsp3) is 0.462. The number of aliphatic hydroxyl groups excluding tert-OH is 1. The van der Waals surface area contributed by atoms with Crippen molar-refractivity contribution in [1.82, 2.24) is 4.90 Å². The number of halogens is 2. The number of carbonyl (C=O) groups is 1. The topological polar surface area (TPSA) is 52.6 Å². The van der Waals surface area contributed by atoms with Gasteiger partial charge in [-0.1, -0.05) is 6.92 Å². The van der Waals surface area contributed by atoms with Gasteiger partial charge in [0.05, 0.1) is 6.61 Å². The summed E-state index contributed by atoms with van der Waals surface area (Å²) < 4.78 is 27.2. The highest BCUT2D eigenvalue weighted by Gasteiger charge is 2.18. The lowest BCUT2D eigenvalue weighted by atomic mass is 10.1. The van der Waals surface area contributed by atoms with Gasteiger partial charge in [0.15, 0.2) is 0 Å². The molecule has 0 aromatic heterocycles. The van der Waals surface area contributed by atoms with E-state index in [2.05, 4.69) is 5.32 Å². The van der Waals surface area contributed by atoms with E-state index in [0.717, 1.165) is 12.1 Å². The molecule has 0 aliphatic heterocycles. The molecular weight excluding hydrogens is 254 g/mol. The molecule has 0 bridgehead atoms. The molecule has 0 saturated heterocycles. The molecule has 1 aromatic carbocycles. The van der Waals surface area contributed by atoms with E-state index in [1.54, 1.807) is 0 Å². The zero-order chi connectivity index (χ0) is 14.4. The van der Waals surface area contributed by atoms with Crippen molar-refractivity contribution in [2.24, 2.45) is 0 Å². The summed E-state index contributed by atoms with van der Waals surface area (Å²) in [5, 5.41) is 11.3. The van der Waals surface area contributed by atoms with E-state index >= 15 is 0 Å². The Bertz CT molecular complexity index is 423. The Morgan fingerprint density at radius 2 is 1.89 bits per heavy atom. The van der Waals surface area contributed by atoms with Crippen LogP contribution in [0.25, 0.3) is 0 Å². The van der Waals surface area contributed by atoms with Crippen LogP contribution in [0.4, 0.5) is 14.5 Å². The predicted octanol–water partition coefficient (Wildman–Crippen LogP) is 1.85. The Labute approximate surface area is 111 Å². The summed E-state index contributed by atoms with van der Waals surface area (Å²) in [4.78, 5) is 13.5. The van der Waals surface area contributed by atoms with Gasteiger partial charge < -0.3 is 15.3 Å². The lowest BCUT2D eigenvalue weighted by molar-refractivity contribution is 0.0721. The zero-order valence-electron chi connectivity index (χ0n) is 11.0. The average molecular weight is 272 g/mol. The third-order valence-corrected chi connectivity index (χ3v) is 2.69. The zero-order valence-corrected chi connectivity index (χ0v) is 11.0. The van der Waals surface area contributed by atoms with Crippen LogP contribution in [0.5, 0.6) is 0 Å². The second-order valence-electron chi connectivity index (χ2n) is 4.08. The number of rotatable bonds is 6. The normalized spacial score (nSPS) is 10.4. The molecule has 2 N–H and O–H groups in total. The fourth-order valence-corrected chi connectivity index (χ4v) is 1.82. The van der Waals surface area contributed by atoms with Crippen LogP contribution in [0.15, 0.2) is 12.1 Å². The first-order valence-corrected chi connectivity index (χ1v) is 6.12. The molecule has 1 aromatic rings. The molecule has 0 spiro atoms. The van der Waals surface area contributed by atoms with E-state index in [0.29, 0.717) is 13.0 Å². The number of carbonyl (C=O) groups excluding carboxylic acids is 1. The highest BCUT2D eigenvalue weighted by Crippen LogP contribution is 2.21. The predicted molar refractivity (Wildman–Crippen MR) is 69.2 cm³/mol. The first-order chi connectivity index (χ1) is 9.04. The highest BCUT2D eigenvalue weighted by molar-refractivity contribution is 5.94. The summed E-state index contributed by atoms with van der Waals surface area (Å²) in [6.07, 6.45) is 0.700. The van der Waals surface area contributed by atoms with Crippen LogP contribution in [0.2, 0.25) is 0 Å². The number of hydrogen-bond donors (Lipinski definition) is 2. The van der Waals surface area contributed by atoms with Crippen LogP contribution in [-0.4, -0.2) is 42.7 Å². The molecule has 0 aliphatic carbocycles. The summed E-state index contributed by atoms with van der Waals surface area (Å²) in [5.41, 5.74) is -0.323. The SMILES string of the molecule is CCCN(CCO)C(=O)c1cc(F)c(NC)c(F)c1. The number of benzene rings is 1. The summed E-state index contributed by atoms with van der Waals surface area (Å²) in [5.74, 6) is -2.12. The minimum Gasteiger partial charge on any atom is -0.395 e. The second kappa shape index (κ2) is 7.04. The standard InChI is InChI=1S/C13H18F2N2O2/c1-3-4-17(5-6-18)13(19)9-7-10(14)12(16-2)11(15)8-9/h7-8,16,18H,3-6H2,1-2H3. The van der Waals surface area contributed by atoms with E-state index in [9.17, 15) is 13.6 Å². The van der Waals surface area contributed by atoms with Crippen LogP contribution in [0, 0.1) is 11.6 Å². The van der Waals surface area contributed by atoms with Crippen LogP contribution in [0.1, 0.15) is 23.7 Å². The molecule has 0 saturated carbocycles. The maximum atomic E-state index is 13.6. The molecule has 0 fully saturated rings. The van der Waals surface area contributed by atoms with E-state index in [4.69, 9.17) is 5.11 Å². The Balaban J connectivity index is 3.04. The summed E-state index contributed by atoms with van der Waals surface area (Å²) in [6.45, 7) is 2.26. The number of nitrogens with zero attached hydrogens (tertiary/aromatic N) is 1. The Morgan fingerprint density at radius 1 is 1.32 bits per heavy atom. The Hall–Kier alpha value is -1.69. The molecule has 0 heterocycles. The maximum absolute atomic E-state index is 13.6. The molecular formula is C13H18F2N2O2.